The van der Waals surface area contributed by atoms with Crippen LogP contribution >= 0.6 is 0 Å². The molecule has 78 valence electrons. The molecule has 0 bridgehead atoms. The van der Waals surface area contributed by atoms with Crippen LogP contribution in [0.1, 0.15) is 18.2 Å². The highest BCUT2D eigenvalue weighted by Crippen LogP contribution is 2.19. The van der Waals surface area contributed by atoms with E-state index in [2.05, 4.69) is 17.1 Å². The lowest BCUT2D eigenvalue weighted by molar-refractivity contribution is 0.740. The number of nitrogens with two attached hydrogens (primary N) is 1. The maximum Gasteiger partial charge on any atom is 0.0707 e. The Bertz CT molecular complexity index is 475. The Labute approximate surface area is 90.1 Å². The Morgan fingerprint density at radius 1 is 1.33 bits per heavy atom. The van der Waals surface area contributed by atoms with Crippen LogP contribution < -0.4 is 5.73 Å². The third kappa shape index (κ3) is 2.16. The smallest absolute Gasteiger partial charge is 0.0707 e. The van der Waals surface area contributed by atoms with Gasteiger partial charge in [-0.15, -0.1) is 0 Å². The first-order chi connectivity index (χ1) is 7.16. The second-order valence-electron chi connectivity index (χ2n) is 4.12. The van der Waals surface area contributed by atoms with Crippen molar-refractivity contribution in [3.8, 4) is 0 Å². The van der Waals surface area contributed by atoms with E-state index in [0.717, 1.165) is 17.6 Å². The number of rotatable bonds is 2. The molecule has 0 radical (unpaired) electrons. The zero-order chi connectivity index (χ0) is 10.8. The molecular weight excluding hydrogens is 184 g/mol. The SMILES string of the molecule is Cc1cc(C[C@@H](C)N)c2ccccc2n1. The number of hydrogen-bond donors (Lipinski definition) is 1. The summed E-state index contributed by atoms with van der Waals surface area (Å²) in [5.41, 5.74) is 9.27. The highest BCUT2D eigenvalue weighted by Gasteiger charge is 2.05. The van der Waals surface area contributed by atoms with Crippen molar-refractivity contribution in [2.45, 2.75) is 26.3 Å². The number of aromatic nitrogens is 1. The van der Waals surface area contributed by atoms with E-state index in [-0.39, 0.29) is 6.04 Å². The monoisotopic (exact) mass is 200 g/mol. The quantitative estimate of drug-likeness (QED) is 0.808. The Morgan fingerprint density at radius 3 is 2.80 bits per heavy atom. The third-order valence-corrected chi connectivity index (χ3v) is 2.47. The molecule has 2 rings (SSSR count). The second-order valence-corrected chi connectivity index (χ2v) is 4.12. The lowest BCUT2D eigenvalue weighted by Gasteiger charge is -2.09. The maximum atomic E-state index is 5.85. The van der Waals surface area contributed by atoms with Gasteiger partial charge in [0.25, 0.3) is 0 Å². The lowest BCUT2D eigenvalue weighted by Crippen LogP contribution is -2.18. The lowest BCUT2D eigenvalue weighted by atomic mass is 10.0. The molecule has 0 saturated heterocycles. The van der Waals surface area contributed by atoms with Crippen molar-refractivity contribution in [3.63, 3.8) is 0 Å². The zero-order valence-electron chi connectivity index (χ0n) is 9.20. The molecule has 1 atom stereocenters. The number of nitrogens with zero attached hydrogens (tertiary/aromatic N) is 1. The van der Waals surface area contributed by atoms with Gasteiger partial charge in [0, 0.05) is 17.1 Å². The summed E-state index contributed by atoms with van der Waals surface area (Å²) in [5, 5.41) is 1.22. The van der Waals surface area contributed by atoms with Gasteiger partial charge in [0.1, 0.15) is 0 Å². The number of para-hydroxylation sites is 1. The van der Waals surface area contributed by atoms with Gasteiger partial charge >= 0.3 is 0 Å². The average molecular weight is 200 g/mol. The Kier molecular flexibility index (Phi) is 2.69. The van der Waals surface area contributed by atoms with Crippen LogP contribution in [0.5, 0.6) is 0 Å². The maximum absolute atomic E-state index is 5.85. The molecule has 15 heavy (non-hydrogen) atoms. The molecule has 0 aliphatic rings. The van der Waals surface area contributed by atoms with Crippen LogP contribution in [-0.4, -0.2) is 11.0 Å². The normalized spacial score (nSPS) is 13.0. The van der Waals surface area contributed by atoms with E-state index < -0.39 is 0 Å². The van der Waals surface area contributed by atoms with Gasteiger partial charge in [-0.2, -0.15) is 0 Å². The van der Waals surface area contributed by atoms with Gasteiger partial charge < -0.3 is 5.73 Å². The van der Waals surface area contributed by atoms with Crippen LogP contribution in [-0.2, 0) is 6.42 Å². The highest BCUT2D eigenvalue weighted by molar-refractivity contribution is 5.82. The average Bonchev–Trinajstić information content (AvgIpc) is 2.16. The highest BCUT2D eigenvalue weighted by atomic mass is 14.7. The van der Waals surface area contributed by atoms with Crippen molar-refractivity contribution < 1.29 is 0 Å². The molecule has 2 aromatic rings. The van der Waals surface area contributed by atoms with E-state index in [1.165, 1.54) is 10.9 Å². The van der Waals surface area contributed by atoms with Crippen LogP contribution in [0.3, 0.4) is 0 Å². The molecule has 0 amide bonds. The standard InChI is InChI=1S/C13H16N2/c1-9(14)7-11-8-10(2)15-13-6-4-3-5-12(11)13/h3-6,8-9H,7,14H2,1-2H3/t9-/m1/s1. The summed E-state index contributed by atoms with van der Waals surface area (Å²) in [6.07, 6.45) is 0.907. The van der Waals surface area contributed by atoms with E-state index in [0.29, 0.717) is 0 Å². The van der Waals surface area contributed by atoms with Crippen molar-refractivity contribution in [1.82, 2.24) is 4.98 Å². The summed E-state index contributed by atoms with van der Waals surface area (Å²) in [5.74, 6) is 0. The molecule has 1 aromatic carbocycles. The molecule has 2 N–H and O–H groups in total. The van der Waals surface area contributed by atoms with E-state index >= 15 is 0 Å². The van der Waals surface area contributed by atoms with Crippen LogP contribution in [0.4, 0.5) is 0 Å². The molecule has 0 fully saturated rings. The van der Waals surface area contributed by atoms with E-state index in [1.807, 2.05) is 32.0 Å². The topological polar surface area (TPSA) is 38.9 Å². The van der Waals surface area contributed by atoms with Gasteiger partial charge in [-0.3, -0.25) is 4.98 Å². The van der Waals surface area contributed by atoms with E-state index in [9.17, 15) is 0 Å². The summed E-state index contributed by atoms with van der Waals surface area (Å²) in [6, 6.07) is 10.5. The van der Waals surface area contributed by atoms with Crippen LogP contribution in [0.2, 0.25) is 0 Å². The molecular formula is C13H16N2. The van der Waals surface area contributed by atoms with Crippen LogP contribution in [0.15, 0.2) is 30.3 Å². The molecule has 2 heteroatoms. The molecule has 0 aliphatic heterocycles. The van der Waals surface area contributed by atoms with E-state index in [4.69, 9.17) is 5.73 Å². The number of benzene rings is 1. The summed E-state index contributed by atoms with van der Waals surface area (Å²) in [7, 11) is 0. The van der Waals surface area contributed by atoms with Crippen molar-refractivity contribution in [1.29, 1.82) is 0 Å². The third-order valence-electron chi connectivity index (χ3n) is 2.47. The van der Waals surface area contributed by atoms with E-state index in [1.54, 1.807) is 0 Å². The largest absolute Gasteiger partial charge is 0.328 e. The summed E-state index contributed by atoms with van der Waals surface area (Å²) < 4.78 is 0. The van der Waals surface area contributed by atoms with Gasteiger partial charge in [0.2, 0.25) is 0 Å². The van der Waals surface area contributed by atoms with Crippen LogP contribution in [0.25, 0.3) is 10.9 Å². The van der Waals surface area contributed by atoms with Crippen LogP contribution in [0, 0.1) is 6.92 Å². The van der Waals surface area contributed by atoms with Gasteiger partial charge in [-0.05, 0) is 38.0 Å². The van der Waals surface area contributed by atoms with Gasteiger partial charge in [-0.25, -0.2) is 0 Å². The van der Waals surface area contributed by atoms with Crippen molar-refractivity contribution in [3.05, 3.63) is 41.6 Å². The molecule has 0 saturated carbocycles. The van der Waals surface area contributed by atoms with Gasteiger partial charge in [0.05, 0.1) is 5.52 Å². The molecule has 1 heterocycles. The van der Waals surface area contributed by atoms with Crippen molar-refractivity contribution in [2.24, 2.45) is 5.73 Å². The molecule has 0 spiro atoms. The molecule has 1 aromatic heterocycles. The number of hydrogen-bond acceptors (Lipinski definition) is 2. The number of pyridine rings is 1. The minimum atomic E-state index is 0.190. The van der Waals surface area contributed by atoms with Gasteiger partial charge in [0.15, 0.2) is 0 Å². The number of fused-ring (bicyclic) bond motifs is 1. The minimum absolute atomic E-state index is 0.190. The zero-order valence-corrected chi connectivity index (χ0v) is 9.20. The van der Waals surface area contributed by atoms with Gasteiger partial charge in [-0.1, -0.05) is 18.2 Å². The van der Waals surface area contributed by atoms with Crippen molar-refractivity contribution >= 4 is 10.9 Å². The molecule has 2 nitrogen and oxygen atoms in total. The first-order valence-electron chi connectivity index (χ1n) is 5.27. The Morgan fingerprint density at radius 2 is 2.07 bits per heavy atom. The fraction of sp³-hybridized carbons (Fsp3) is 0.308. The predicted octanol–water partition coefficient (Wildman–Crippen LogP) is 2.43. The predicted molar refractivity (Wildman–Crippen MR) is 63.8 cm³/mol. The Balaban J connectivity index is 2.60. The minimum Gasteiger partial charge on any atom is -0.328 e. The fourth-order valence-corrected chi connectivity index (χ4v) is 1.91. The molecule has 0 aliphatic carbocycles. The summed E-state index contributed by atoms with van der Waals surface area (Å²) in [4.78, 5) is 4.50. The first-order valence-corrected chi connectivity index (χ1v) is 5.27. The van der Waals surface area contributed by atoms with Crippen molar-refractivity contribution in [2.75, 3.05) is 0 Å². The Hall–Kier alpha value is -1.41. The number of aryl methyl sites for hydroxylation is 1. The first kappa shape index (κ1) is 10.1. The summed E-state index contributed by atoms with van der Waals surface area (Å²) >= 11 is 0. The second kappa shape index (κ2) is 3.99. The summed E-state index contributed by atoms with van der Waals surface area (Å²) in [6.45, 7) is 4.06. The fourth-order valence-electron chi connectivity index (χ4n) is 1.91. The molecule has 0 unspecified atom stereocenters.